The molecule has 7 heteroatoms. The lowest BCUT2D eigenvalue weighted by molar-refractivity contribution is -0.137. The molecule has 0 saturated carbocycles. The minimum Gasteiger partial charge on any atom is -0.481 e. The molecule has 0 aromatic carbocycles. The molecular weight excluding hydrogens is 262 g/mol. The molecule has 0 aliphatic heterocycles. The number of carboxylic acid groups (broad SMARTS) is 1. The molecule has 0 unspecified atom stereocenters. The Morgan fingerprint density at radius 2 is 1.60 bits per heavy atom. The first-order valence-electron chi connectivity index (χ1n) is 6.71. The molecule has 7 nitrogen and oxygen atoms in total. The molecule has 20 heavy (non-hydrogen) atoms. The maximum absolute atomic E-state index is 11.4. The van der Waals surface area contributed by atoms with Crippen LogP contribution >= 0.6 is 0 Å². The maximum Gasteiger partial charge on any atom is 0.314 e. The van der Waals surface area contributed by atoms with E-state index in [4.69, 9.17) is 5.11 Å². The number of rotatable bonds is 9. The quantitative estimate of drug-likeness (QED) is 0.500. The zero-order valence-corrected chi connectivity index (χ0v) is 12.4. The number of carbonyl (C=O) groups excluding carboxylic acids is 2. The van der Waals surface area contributed by atoms with Crippen LogP contribution < -0.4 is 16.0 Å². The highest BCUT2D eigenvalue weighted by molar-refractivity contribution is 5.77. The fourth-order valence-corrected chi connectivity index (χ4v) is 1.56. The van der Waals surface area contributed by atoms with Crippen LogP contribution in [0.5, 0.6) is 0 Å². The Morgan fingerprint density at radius 1 is 1.00 bits per heavy atom. The topological polar surface area (TPSA) is 108 Å². The smallest absolute Gasteiger partial charge is 0.314 e. The number of aliphatic carboxylic acids is 1. The molecule has 0 fully saturated rings. The van der Waals surface area contributed by atoms with E-state index in [1.807, 2.05) is 13.8 Å². The van der Waals surface area contributed by atoms with Gasteiger partial charge in [0.2, 0.25) is 5.91 Å². The van der Waals surface area contributed by atoms with E-state index in [9.17, 15) is 14.4 Å². The van der Waals surface area contributed by atoms with Crippen molar-refractivity contribution in [2.24, 2.45) is 5.41 Å². The summed E-state index contributed by atoms with van der Waals surface area (Å²) in [5.74, 6) is -0.932. The Kier molecular flexibility index (Phi) is 8.35. The van der Waals surface area contributed by atoms with Crippen molar-refractivity contribution in [3.8, 4) is 0 Å². The van der Waals surface area contributed by atoms with Gasteiger partial charge in [-0.15, -0.1) is 0 Å². The standard InChI is InChI=1S/C13H25N3O4/c1-13(2,6-4-11(18)19)7-9-16-12(20)15-8-5-10(17)14-3/h4-9H2,1-3H3,(H,14,17)(H,18,19)(H2,15,16,20). The molecule has 0 rings (SSSR count). The summed E-state index contributed by atoms with van der Waals surface area (Å²) in [6, 6.07) is -0.317. The van der Waals surface area contributed by atoms with Crippen molar-refractivity contribution in [1.29, 1.82) is 0 Å². The third-order valence-corrected chi connectivity index (χ3v) is 3.02. The highest BCUT2D eigenvalue weighted by atomic mass is 16.4. The minimum absolute atomic E-state index is 0.125. The van der Waals surface area contributed by atoms with Crippen LogP contribution in [0.1, 0.15) is 39.5 Å². The first-order chi connectivity index (χ1) is 9.26. The van der Waals surface area contributed by atoms with E-state index in [0.29, 0.717) is 19.4 Å². The summed E-state index contributed by atoms with van der Waals surface area (Å²) in [4.78, 5) is 32.9. The van der Waals surface area contributed by atoms with Gasteiger partial charge >= 0.3 is 12.0 Å². The number of carbonyl (C=O) groups is 3. The Morgan fingerprint density at radius 3 is 2.15 bits per heavy atom. The summed E-state index contributed by atoms with van der Waals surface area (Å²) in [5, 5.41) is 16.4. The number of amides is 3. The van der Waals surface area contributed by atoms with E-state index in [1.165, 1.54) is 0 Å². The third kappa shape index (κ3) is 10.2. The van der Waals surface area contributed by atoms with E-state index in [-0.39, 0.29) is 36.7 Å². The lowest BCUT2D eigenvalue weighted by Gasteiger charge is -2.23. The van der Waals surface area contributed by atoms with Gasteiger partial charge < -0.3 is 21.1 Å². The first-order valence-corrected chi connectivity index (χ1v) is 6.71. The molecular formula is C13H25N3O4. The second-order valence-electron chi connectivity index (χ2n) is 5.41. The van der Waals surface area contributed by atoms with Crippen LogP contribution in [0, 0.1) is 5.41 Å². The number of carboxylic acids is 1. The van der Waals surface area contributed by atoms with Crippen molar-refractivity contribution in [1.82, 2.24) is 16.0 Å². The molecule has 0 bridgehead atoms. The SMILES string of the molecule is CNC(=O)CCNC(=O)NCCC(C)(C)CCC(=O)O. The van der Waals surface area contributed by atoms with Gasteiger partial charge in [-0.3, -0.25) is 9.59 Å². The summed E-state index contributed by atoms with van der Waals surface area (Å²) in [6.45, 7) is 4.70. The van der Waals surface area contributed by atoms with E-state index >= 15 is 0 Å². The summed E-state index contributed by atoms with van der Waals surface area (Å²) in [7, 11) is 1.54. The molecule has 0 aromatic rings. The summed E-state index contributed by atoms with van der Waals surface area (Å²) in [6.07, 6.45) is 1.64. The van der Waals surface area contributed by atoms with Crippen LogP contribution in [-0.2, 0) is 9.59 Å². The van der Waals surface area contributed by atoms with Crippen LogP contribution in [0.4, 0.5) is 4.79 Å². The van der Waals surface area contributed by atoms with E-state index in [0.717, 1.165) is 0 Å². The van der Waals surface area contributed by atoms with Crippen LogP contribution in [0.25, 0.3) is 0 Å². The molecule has 0 aromatic heterocycles. The number of urea groups is 1. The predicted molar refractivity (Wildman–Crippen MR) is 75.4 cm³/mol. The minimum atomic E-state index is -0.807. The van der Waals surface area contributed by atoms with Gasteiger partial charge in [-0.05, 0) is 18.3 Å². The van der Waals surface area contributed by atoms with Crippen molar-refractivity contribution in [3.63, 3.8) is 0 Å². The van der Waals surface area contributed by atoms with Crippen molar-refractivity contribution >= 4 is 17.9 Å². The summed E-state index contributed by atoms with van der Waals surface area (Å²) in [5.41, 5.74) is -0.131. The van der Waals surface area contributed by atoms with Crippen molar-refractivity contribution in [2.75, 3.05) is 20.1 Å². The zero-order chi connectivity index (χ0) is 15.6. The van der Waals surface area contributed by atoms with Gasteiger partial charge in [-0.2, -0.15) is 0 Å². The molecule has 0 radical (unpaired) electrons. The van der Waals surface area contributed by atoms with Crippen LogP contribution in [-0.4, -0.2) is 43.2 Å². The van der Waals surface area contributed by atoms with E-state index in [1.54, 1.807) is 7.05 Å². The highest BCUT2D eigenvalue weighted by Crippen LogP contribution is 2.25. The number of nitrogens with one attached hydrogen (secondary N) is 3. The van der Waals surface area contributed by atoms with Crippen LogP contribution in [0.15, 0.2) is 0 Å². The fourth-order valence-electron chi connectivity index (χ4n) is 1.56. The third-order valence-electron chi connectivity index (χ3n) is 3.02. The largest absolute Gasteiger partial charge is 0.481 e. The zero-order valence-electron chi connectivity index (χ0n) is 12.4. The Hall–Kier alpha value is -1.79. The Bertz CT molecular complexity index is 343. The summed E-state index contributed by atoms with van der Waals surface area (Å²) < 4.78 is 0. The van der Waals surface area contributed by atoms with Gasteiger partial charge in [0.25, 0.3) is 0 Å². The number of hydrogen-bond donors (Lipinski definition) is 4. The van der Waals surface area contributed by atoms with Crippen molar-refractivity contribution < 1.29 is 19.5 Å². The average Bonchev–Trinajstić information content (AvgIpc) is 2.36. The summed E-state index contributed by atoms with van der Waals surface area (Å²) >= 11 is 0. The monoisotopic (exact) mass is 287 g/mol. The van der Waals surface area contributed by atoms with Gasteiger partial charge in [0.05, 0.1) is 0 Å². The second kappa shape index (κ2) is 9.17. The van der Waals surface area contributed by atoms with E-state index in [2.05, 4.69) is 16.0 Å². The molecule has 0 aliphatic rings. The molecule has 0 saturated heterocycles. The van der Waals surface area contributed by atoms with Gasteiger partial charge in [-0.25, -0.2) is 4.79 Å². The fraction of sp³-hybridized carbons (Fsp3) is 0.769. The predicted octanol–water partition coefficient (Wildman–Crippen LogP) is 0.703. The Balaban J connectivity index is 3.74. The Labute approximate surface area is 119 Å². The van der Waals surface area contributed by atoms with Gasteiger partial charge in [0, 0.05) is 33.0 Å². The lowest BCUT2D eigenvalue weighted by Crippen LogP contribution is -2.38. The normalized spacial score (nSPS) is 10.8. The first kappa shape index (κ1) is 18.2. The van der Waals surface area contributed by atoms with Gasteiger partial charge in [-0.1, -0.05) is 13.8 Å². The molecule has 3 amide bonds. The second-order valence-corrected chi connectivity index (χ2v) is 5.41. The van der Waals surface area contributed by atoms with Crippen molar-refractivity contribution in [2.45, 2.75) is 39.5 Å². The number of hydrogen-bond acceptors (Lipinski definition) is 3. The highest BCUT2D eigenvalue weighted by Gasteiger charge is 2.19. The van der Waals surface area contributed by atoms with Crippen molar-refractivity contribution in [3.05, 3.63) is 0 Å². The van der Waals surface area contributed by atoms with Gasteiger partial charge in [0.15, 0.2) is 0 Å². The molecule has 116 valence electrons. The van der Waals surface area contributed by atoms with Crippen LogP contribution in [0.2, 0.25) is 0 Å². The average molecular weight is 287 g/mol. The molecule has 4 N–H and O–H groups in total. The molecule has 0 atom stereocenters. The molecule has 0 heterocycles. The van der Waals surface area contributed by atoms with Crippen LogP contribution in [0.3, 0.4) is 0 Å². The van der Waals surface area contributed by atoms with E-state index < -0.39 is 5.97 Å². The maximum atomic E-state index is 11.4. The molecule has 0 spiro atoms. The molecule has 0 aliphatic carbocycles. The lowest BCUT2D eigenvalue weighted by atomic mass is 9.84. The van der Waals surface area contributed by atoms with Gasteiger partial charge in [0.1, 0.15) is 0 Å².